The summed E-state index contributed by atoms with van der Waals surface area (Å²) in [7, 11) is 0. The molecule has 1 aromatic carbocycles. The molecule has 1 amide bonds. The van der Waals surface area contributed by atoms with E-state index < -0.39 is 0 Å². The summed E-state index contributed by atoms with van der Waals surface area (Å²) in [5.41, 5.74) is 1.54. The van der Waals surface area contributed by atoms with Crippen molar-refractivity contribution in [3.63, 3.8) is 0 Å². The van der Waals surface area contributed by atoms with E-state index in [-0.39, 0.29) is 48.3 Å². The molecule has 33 heavy (non-hydrogen) atoms. The summed E-state index contributed by atoms with van der Waals surface area (Å²) in [6.45, 7) is 12.1. The molecule has 1 aromatic rings. The van der Waals surface area contributed by atoms with E-state index in [9.17, 15) is 14.0 Å². The van der Waals surface area contributed by atoms with Crippen LogP contribution < -0.4 is 5.32 Å². The number of benzene rings is 1. The summed E-state index contributed by atoms with van der Waals surface area (Å²) in [5, 5.41) is 3.04. The van der Waals surface area contributed by atoms with Crippen molar-refractivity contribution >= 4 is 11.7 Å². The molecule has 1 N–H and O–H groups in total. The van der Waals surface area contributed by atoms with Crippen molar-refractivity contribution in [2.24, 2.45) is 11.8 Å². The number of allylic oxidation sites excluding steroid dienone is 2. The molecule has 0 saturated carbocycles. The molecule has 180 valence electrons. The average molecular weight is 458 g/mol. The molecule has 0 radical (unpaired) electrons. The van der Waals surface area contributed by atoms with E-state index in [2.05, 4.69) is 24.9 Å². The third-order valence-corrected chi connectivity index (χ3v) is 5.89. The number of hydrogen-bond donors (Lipinski definition) is 1. The minimum absolute atomic E-state index is 0.0417. The zero-order chi connectivity index (χ0) is 24.4. The molecule has 5 atom stereocenters. The second kappa shape index (κ2) is 13.2. The molecule has 5 nitrogen and oxygen atoms in total. The maximum Gasteiger partial charge on any atom is 0.243 e. The summed E-state index contributed by atoms with van der Waals surface area (Å²) in [4.78, 5) is 24.4. The number of nitrogens with one attached hydrogen (secondary N) is 1. The van der Waals surface area contributed by atoms with E-state index in [1.165, 1.54) is 30.3 Å². The van der Waals surface area contributed by atoms with Crippen LogP contribution in [0.15, 0.2) is 60.7 Å². The van der Waals surface area contributed by atoms with Crippen molar-refractivity contribution in [3.8, 4) is 0 Å². The molecule has 1 fully saturated rings. The molecular formula is C27H36FNO4. The fraction of sp³-hybridized carbons (Fsp3) is 0.481. The van der Waals surface area contributed by atoms with E-state index in [0.29, 0.717) is 18.1 Å². The molecule has 1 unspecified atom stereocenters. The summed E-state index contributed by atoms with van der Waals surface area (Å²) in [6.07, 6.45) is 9.01. The second-order valence-corrected chi connectivity index (χ2v) is 8.88. The van der Waals surface area contributed by atoms with E-state index in [4.69, 9.17) is 9.47 Å². The number of amides is 1. The lowest BCUT2D eigenvalue weighted by molar-refractivity contribution is -0.123. The molecule has 1 saturated heterocycles. The van der Waals surface area contributed by atoms with Crippen molar-refractivity contribution in [3.05, 3.63) is 72.1 Å². The molecular weight excluding hydrogens is 421 g/mol. The monoisotopic (exact) mass is 457 g/mol. The molecule has 2 rings (SSSR count). The van der Waals surface area contributed by atoms with Gasteiger partial charge in [-0.15, -0.1) is 0 Å². The van der Waals surface area contributed by atoms with Crippen molar-refractivity contribution in [2.75, 3.05) is 13.2 Å². The van der Waals surface area contributed by atoms with Crippen LogP contribution in [-0.4, -0.2) is 43.2 Å². The number of hydrogen-bond acceptors (Lipinski definition) is 4. The van der Waals surface area contributed by atoms with Crippen molar-refractivity contribution in [1.29, 1.82) is 0 Å². The third-order valence-electron chi connectivity index (χ3n) is 5.89. The van der Waals surface area contributed by atoms with Crippen LogP contribution in [0, 0.1) is 17.7 Å². The minimum Gasteiger partial charge on any atom is -0.373 e. The molecule has 0 spiro atoms. The predicted octanol–water partition coefficient (Wildman–Crippen LogP) is 5.04. The number of carbonyl (C=O) groups is 2. The number of ketones is 1. The molecule has 1 aliphatic heterocycles. The van der Waals surface area contributed by atoms with Crippen LogP contribution in [0.1, 0.15) is 50.9 Å². The molecule has 1 aliphatic rings. The van der Waals surface area contributed by atoms with Gasteiger partial charge in [-0.2, -0.15) is 0 Å². The quantitative estimate of drug-likeness (QED) is 0.287. The lowest BCUT2D eigenvalue weighted by Gasteiger charge is -2.39. The zero-order valence-corrected chi connectivity index (χ0v) is 20.1. The summed E-state index contributed by atoms with van der Waals surface area (Å²) in [6, 6.07) is 5.33. The second-order valence-electron chi connectivity index (χ2n) is 8.88. The predicted molar refractivity (Wildman–Crippen MR) is 128 cm³/mol. The zero-order valence-electron chi connectivity index (χ0n) is 20.1. The normalized spacial score (nSPS) is 24.5. The number of rotatable bonds is 11. The summed E-state index contributed by atoms with van der Waals surface area (Å²) in [5.74, 6) is -0.477. The van der Waals surface area contributed by atoms with E-state index in [1.807, 2.05) is 26.8 Å². The van der Waals surface area contributed by atoms with Crippen LogP contribution in [-0.2, 0) is 14.3 Å². The third kappa shape index (κ3) is 9.06. The van der Waals surface area contributed by atoms with Gasteiger partial charge >= 0.3 is 0 Å². The first-order valence-corrected chi connectivity index (χ1v) is 11.5. The Balaban J connectivity index is 1.73. The van der Waals surface area contributed by atoms with Gasteiger partial charge in [-0.05, 0) is 68.9 Å². The first kappa shape index (κ1) is 26.7. The topological polar surface area (TPSA) is 64.6 Å². The van der Waals surface area contributed by atoms with Crippen molar-refractivity contribution in [2.45, 2.75) is 58.8 Å². The Kier molecular flexibility index (Phi) is 10.7. The van der Waals surface area contributed by atoms with Gasteiger partial charge in [0.05, 0.1) is 24.9 Å². The van der Waals surface area contributed by atoms with Crippen LogP contribution in [0.25, 0.3) is 0 Å². The largest absolute Gasteiger partial charge is 0.373 e. The van der Waals surface area contributed by atoms with Gasteiger partial charge in [-0.25, -0.2) is 4.39 Å². The number of carbonyl (C=O) groups excluding carboxylic acids is 2. The lowest BCUT2D eigenvalue weighted by Crippen LogP contribution is -2.50. The van der Waals surface area contributed by atoms with Crippen LogP contribution >= 0.6 is 0 Å². The van der Waals surface area contributed by atoms with Gasteiger partial charge in [0.25, 0.3) is 0 Å². The Bertz CT molecular complexity index is 861. The van der Waals surface area contributed by atoms with Crippen LogP contribution in [0.2, 0.25) is 0 Å². The maximum absolute atomic E-state index is 12.9. The van der Waals surface area contributed by atoms with Gasteiger partial charge in [-0.3, -0.25) is 9.59 Å². The fourth-order valence-electron chi connectivity index (χ4n) is 3.69. The maximum atomic E-state index is 12.9. The molecule has 0 aliphatic carbocycles. The van der Waals surface area contributed by atoms with E-state index in [0.717, 1.165) is 18.4 Å². The highest BCUT2D eigenvalue weighted by Gasteiger charge is 2.33. The van der Waals surface area contributed by atoms with Crippen molar-refractivity contribution < 1.29 is 23.5 Å². The van der Waals surface area contributed by atoms with Gasteiger partial charge in [0.2, 0.25) is 5.91 Å². The van der Waals surface area contributed by atoms with E-state index >= 15 is 0 Å². The highest BCUT2D eigenvalue weighted by Crippen LogP contribution is 2.28. The summed E-state index contributed by atoms with van der Waals surface area (Å²) >= 11 is 0. The SMILES string of the molecule is C=C/C(C)=C/C[C@@H]1O[C@H](C)[C@H](NC(=O)/C=C\C(C)COCC(=O)c2ccc(F)cc2)C[C@@H]1C. The van der Waals surface area contributed by atoms with Gasteiger partial charge < -0.3 is 14.8 Å². The standard InChI is InChI=1S/C27H36FNO4/c1-6-18(2)7-13-26-20(4)15-24(21(5)33-26)29-27(31)14-8-19(3)16-32-17-25(30)22-9-11-23(28)12-10-22/h6-12,14,19-21,24,26H,1,13,15-17H2,2-5H3,(H,29,31)/b14-8-,18-7+/t19?,20-,21+,24+,26-/m0/s1. The average Bonchev–Trinajstić information content (AvgIpc) is 2.79. The summed E-state index contributed by atoms with van der Waals surface area (Å²) < 4.78 is 24.6. The number of ether oxygens (including phenoxy) is 2. The highest BCUT2D eigenvalue weighted by molar-refractivity contribution is 5.97. The first-order valence-electron chi connectivity index (χ1n) is 11.5. The molecule has 0 aromatic heterocycles. The Morgan fingerprint density at radius 1 is 1.30 bits per heavy atom. The van der Waals surface area contributed by atoms with Gasteiger partial charge in [0.1, 0.15) is 12.4 Å². The smallest absolute Gasteiger partial charge is 0.243 e. The number of halogens is 1. The van der Waals surface area contributed by atoms with Crippen LogP contribution in [0.5, 0.6) is 0 Å². The minimum atomic E-state index is -0.385. The molecule has 6 heteroatoms. The first-order chi connectivity index (χ1) is 15.7. The van der Waals surface area contributed by atoms with Gasteiger partial charge in [0.15, 0.2) is 5.78 Å². The van der Waals surface area contributed by atoms with Gasteiger partial charge in [0, 0.05) is 5.56 Å². The van der Waals surface area contributed by atoms with Gasteiger partial charge in [-0.1, -0.05) is 44.2 Å². The Morgan fingerprint density at radius 2 is 2.00 bits per heavy atom. The Labute approximate surface area is 196 Å². The Morgan fingerprint density at radius 3 is 2.67 bits per heavy atom. The highest BCUT2D eigenvalue weighted by atomic mass is 19.1. The Hall–Kier alpha value is -2.57. The number of Topliss-reactive ketones (excluding diaryl/α,β-unsaturated/α-hetero) is 1. The van der Waals surface area contributed by atoms with Crippen LogP contribution in [0.4, 0.5) is 4.39 Å². The molecule has 1 heterocycles. The van der Waals surface area contributed by atoms with Crippen LogP contribution in [0.3, 0.4) is 0 Å². The lowest BCUT2D eigenvalue weighted by atomic mass is 9.88. The molecule has 0 bridgehead atoms. The van der Waals surface area contributed by atoms with E-state index in [1.54, 1.807) is 6.08 Å². The fourth-order valence-corrected chi connectivity index (χ4v) is 3.69. The van der Waals surface area contributed by atoms with Crippen molar-refractivity contribution in [1.82, 2.24) is 5.32 Å².